The van der Waals surface area contributed by atoms with Crippen molar-refractivity contribution in [1.82, 2.24) is 0 Å². The van der Waals surface area contributed by atoms with Gasteiger partial charge in [-0.15, -0.1) is 0 Å². The molecule has 4 rings (SSSR count). The average Bonchev–Trinajstić information content (AvgIpc) is 2.74. The number of hydrogen-bond donors (Lipinski definition) is 0. The molecule has 128 valence electrons. The maximum atomic E-state index is 2.19. The number of rotatable bonds is 4. The van der Waals surface area contributed by atoms with E-state index in [0.717, 1.165) is 0 Å². The van der Waals surface area contributed by atoms with Crippen LogP contribution in [-0.4, -0.2) is 0 Å². The monoisotopic (exact) mass is 474 g/mol. The Labute approximate surface area is 194 Å². The van der Waals surface area contributed by atoms with Crippen LogP contribution in [0.2, 0.25) is 0 Å². The van der Waals surface area contributed by atoms with Gasteiger partial charge in [0, 0.05) is 40.8 Å². The van der Waals surface area contributed by atoms with Crippen LogP contribution < -0.4 is 0 Å². The van der Waals surface area contributed by atoms with Crippen molar-refractivity contribution >= 4 is 11.1 Å². The molecular weight excluding hydrogens is 457 g/mol. The van der Waals surface area contributed by atoms with E-state index in [0.29, 0.717) is 0 Å². The van der Waals surface area contributed by atoms with E-state index in [2.05, 4.69) is 121 Å². The van der Waals surface area contributed by atoms with Crippen molar-refractivity contribution in [3.63, 3.8) is 0 Å². The predicted molar refractivity (Wildman–Crippen MR) is 111 cm³/mol. The van der Waals surface area contributed by atoms with Gasteiger partial charge in [0.25, 0.3) is 0 Å². The van der Waals surface area contributed by atoms with E-state index in [1.807, 2.05) is 0 Å². The van der Waals surface area contributed by atoms with Crippen LogP contribution in [0.5, 0.6) is 0 Å². The summed E-state index contributed by atoms with van der Waals surface area (Å²) in [4.78, 5) is 0. The fourth-order valence-electron chi connectivity index (χ4n) is 3.33. The van der Waals surface area contributed by atoms with E-state index >= 15 is 0 Å². The van der Waals surface area contributed by atoms with Crippen LogP contribution in [0.25, 0.3) is 11.1 Å². The normalized spacial score (nSPS) is 9.93. The molecule has 4 aromatic rings. The molecule has 1 heteroatoms. The zero-order valence-corrected chi connectivity index (χ0v) is 18.3. The summed E-state index contributed by atoms with van der Waals surface area (Å²) >= 11 is 0. The van der Waals surface area contributed by atoms with Crippen LogP contribution in [0, 0.1) is 40.8 Å². The first-order valence-electron chi connectivity index (χ1n) is 8.89. The van der Waals surface area contributed by atoms with E-state index in [1.54, 1.807) is 0 Å². The van der Waals surface area contributed by atoms with E-state index in [-0.39, 0.29) is 40.8 Å². The van der Waals surface area contributed by atoms with Gasteiger partial charge in [0.1, 0.15) is 0 Å². The van der Waals surface area contributed by atoms with Gasteiger partial charge in [-0.05, 0) is 33.4 Å². The maximum absolute atomic E-state index is 2.19. The van der Waals surface area contributed by atoms with Gasteiger partial charge < -0.3 is 0 Å². The summed E-state index contributed by atoms with van der Waals surface area (Å²) in [5.74, 6) is 0. The summed E-state index contributed by atoms with van der Waals surface area (Å²) < 4.78 is 0. The predicted octanol–water partition coefficient (Wildman–Crippen LogP) is 6.69. The minimum Gasteiger partial charge on any atom is -0.0622 e. The Morgan fingerprint density at radius 2 is 0.481 bits per heavy atom. The molecule has 0 fully saturated rings. The summed E-state index contributed by atoms with van der Waals surface area (Å²) in [5, 5.41) is 0. The van der Waals surface area contributed by atoms with Crippen molar-refractivity contribution in [1.29, 1.82) is 0 Å². The molecule has 0 amide bonds. The molecule has 0 aromatic heterocycles. The number of benzene rings is 4. The van der Waals surface area contributed by atoms with Gasteiger partial charge in [-0.2, -0.15) is 0 Å². The molecule has 0 saturated carbocycles. The second-order valence-electron chi connectivity index (χ2n) is 6.21. The molecule has 0 aliphatic carbocycles. The van der Waals surface area contributed by atoms with Crippen molar-refractivity contribution in [3.05, 3.63) is 144 Å². The summed E-state index contributed by atoms with van der Waals surface area (Å²) in [7, 11) is 0. The summed E-state index contributed by atoms with van der Waals surface area (Å²) in [5.41, 5.74) is 7.40. The van der Waals surface area contributed by atoms with E-state index in [9.17, 15) is 0 Å². The molecule has 0 aliphatic rings. The van der Waals surface area contributed by atoms with Gasteiger partial charge in [0.2, 0.25) is 0 Å². The first-order valence-corrected chi connectivity index (χ1v) is 8.89. The summed E-state index contributed by atoms with van der Waals surface area (Å²) in [6, 6.07) is 42.6. The standard InChI is InChI=1S/C26H20.Nd/c1-5-13-21(14-6-1)25(22-15-7-2-8-16-22)26(23-17-9-3-10-18-23)24-19-11-4-12-20-24;/h1-20H;. The minimum atomic E-state index is 0. The molecule has 0 spiro atoms. The van der Waals surface area contributed by atoms with Crippen molar-refractivity contribution in [2.75, 3.05) is 0 Å². The van der Waals surface area contributed by atoms with Crippen LogP contribution in [0.4, 0.5) is 0 Å². The SMILES string of the molecule is [Nd].c1ccc(C(=C(c2ccccc2)c2ccccc2)c2ccccc2)cc1. The van der Waals surface area contributed by atoms with E-state index in [1.165, 1.54) is 33.4 Å². The smallest absolute Gasteiger partial charge is 0 e. The molecular formula is C26H20Nd. The Morgan fingerprint density at radius 1 is 0.296 bits per heavy atom. The fourth-order valence-corrected chi connectivity index (χ4v) is 3.33. The van der Waals surface area contributed by atoms with Gasteiger partial charge in [-0.25, -0.2) is 0 Å². The molecule has 0 heterocycles. The van der Waals surface area contributed by atoms with Crippen LogP contribution >= 0.6 is 0 Å². The minimum absolute atomic E-state index is 0. The topological polar surface area (TPSA) is 0 Å². The van der Waals surface area contributed by atoms with Crippen LogP contribution in [0.3, 0.4) is 0 Å². The molecule has 0 saturated heterocycles. The molecule has 0 atom stereocenters. The Balaban J connectivity index is 0.00000210. The summed E-state index contributed by atoms with van der Waals surface area (Å²) in [6.07, 6.45) is 0. The van der Waals surface area contributed by atoms with Gasteiger partial charge in [-0.3, -0.25) is 0 Å². The molecule has 0 bridgehead atoms. The molecule has 0 N–H and O–H groups in total. The molecule has 27 heavy (non-hydrogen) atoms. The van der Waals surface area contributed by atoms with Gasteiger partial charge in [-0.1, -0.05) is 121 Å². The maximum Gasteiger partial charge on any atom is 0 e. The van der Waals surface area contributed by atoms with Crippen molar-refractivity contribution in [2.45, 2.75) is 0 Å². The zero-order valence-electron chi connectivity index (χ0n) is 15.0. The van der Waals surface area contributed by atoms with Crippen LogP contribution in [0.15, 0.2) is 121 Å². The third-order valence-corrected chi connectivity index (χ3v) is 4.50. The average molecular weight is 477 g/mol. The second-order valence-corrected chi connectivity index (χ2v) is 6.21. The quantitative estimate of drug-likeness (QED) is 0.288. The Hall–Kier alpha value is -2.03. The molecule has 4 aromatic carbocycles. The van der Waals surface area contributed by atoms with Gasteiger partial charge in [0.05, 0.1) is 0 Å². The third kappa shape index (κ3) is 4.63. The molecule has 0 unspecified atom stereocenters. The Bertz CT molecular complexity index is 821. The first kappa shape index (κ1) is 19.7. The van der Waals surface area contributed by atoms with Crippen LogP contribution in [-0.2, 0) is 0 Å². The third-order valence-electron chi connectivity index (χ3n) is 4.50. The second kappa shape index (κ2) is 9.78. The van der Waals surface area contributed by atoms with Gasteiger partial charge >= 0.3 is 0 Å². The molecule has 0 radical (unpaired) electrons. The number of hydrogen-bond acceptors (Lipinski definition) is 0. The van der Waals surface area contributed by atoms with Crippen LogP contribution in [0.1, 0.15) is 22.3 Å². The largest absolute Gasteiger partial charge is 0.0622 e. The molecule has 0 nitrogen and oxygen atoms in total. The first-order chi connectivity index (χ1) is 12.9. The Morgan fingerprint density at radius 3 is 0.667 bits per heavy atom. The van der Waals surface area contributed by atoms with Gasteiger partial charge in [0.15, 0.2) is 0 Å². The van der Waals surface area contributed by atoms with Crippen molar-refractivity contribution < 1.29 is 40.8 Å². The zero-order chi connectivity index (χ0) is 17.6. The van der Waals surface area contributed by atoms with Crippen molar-refractivity contribution in [3.8, 4) is 0 Å². The summed E-state index contributed by atoms with van der Waals surface area (Å²) in [6.45, 7) is 0. The fraction of sp³-hybridized carbons (Fsp3) is 0. The van der Waals surface area contributed by atoms with Crippen molar-refractivity contribution in [2.24, 2.45) is 0 Å². The molecule has 0 aliphatic heterocycles. The Kier molecular flexibility index (Phi) is 7.14. The van der Waals surface area contributed by atoms with E-state index in [4.69, 9.17) is 0 Å². The van der Waals surface area contributed by atoms with E-state index < -0.39 is 0 Å².